The first-order valence-electron chi connectivity index (χ1n) is 10.3. The zero-order valence-electron chi connectivity index (χ0n) is 17.0. The van der Waals surface area contributed by atoms with Crippen LogP contribution in [0.4, 0.5) is 4.39 Å². The Labute approximate surface area is 176 Å². The molecule has 1 saturated heterocycles. The molecule has 0 aliphatic carbocycles. The van der Waals surface area contributed by atoms with E-state index < -0.39 is 11.8 Å². The van der Waals surface area contributed by atoms with Gasteiger partial charge in [-0.05, 0) is 42.6 Å². The van der Waals surface area contributed by atoms with Gasteiger partial charge in [0.15, 0.2) is 0 Å². The van der Waals surface area contributed by atoms with Gasteiger partial charge in [-0.25, -0.2) is 4.39 Å². The summed E-state index contributed by atoms with van der Waals surface area (Å²) in [7, 11) is 0. The van der Waals surface area contributed by atoms with Crippen LogP contribution in [0.5, 0.6) is 0 Å². The van der Waals surface area contributed by atoms with Crippen molar-refractivity contribution in [3.8, 4) is 0 Å². The van der Waals surface area contributed by atoms with E-state index >= 15 is 0 Å². The van der Waals surface area contributed by atoms with Crippen LogP contribution in [0.25, 0.3) is 0 Å². The number of halogens is 1. The number of ether oxygens (including phenoxy) is 1. The van der Waals surface area contributed by atoms with Gasteiger partial charge in [0.25, 0.3) is 0 Å². The summed E-state index contributed by atoms with van der Waals surface area (Å²) in [5, 5.41) is 5.18. The summed E-state index contributed by atoms with van der Waals surface area (Å²) in [6, 6.07) is 16.0. The number of carbonyl (C=O) groups is 2. The van der Waals surface area contributed by atoms with Gasteiger partial charge in [-0.1, -0.05) is 42.5 Å². The summed E-state index contributed by atoms with van der Waals surface area (Å²) in [5.74, 6) is -1.67. The average molecular weight is 413 g/mol. The summed E-state index contributed by atoms with van der Waals surface area (Å²) in [6.45, 7) is 4.05. The molecule has 2 amide bonds. The van der Waals surface area contributed by atoms with Crippen molar-refractivity contribution in [2.45, 2.75) is 25.5 Å². The number of hydrogen-bond donors (Lipinski definition) is 2. The molecule has 2 aromatic rings. The number of amides is 2. The highest BCUT2D eigenvalue weighted by atomic mass is 19.1. The third kappa shape index (κ3) is 6.93. The molecule has 0 aromatic heterocycles. The van der Waals surface area contributed by atoms with Crippen molar-refractivity contribution in [1.29, 1.82) is 0 Å². The maximum atomic E-state index is 12.9. The fourth-order valence-corrected chi connectivity index (χ4v) is 3.38. The molecule has 1 fully saturated rings. The van der Waals surface area contributed by atoms with Gasteiger partial charge in [-0.2, -0.15) is 0 Å². The summed E-state index contributed by atoms with van der Waals surface area (Å²) in [5.41, 5.74) is 1.93. The molecular formula is C23H28FN3O3. The minimum absolute atomic E-state index is 0.101. The van der Waals surface area contributed by atoms with Crippen LogP contribution in [0.15, 0.2) is 54.6 Å². The second-order valence-corrected chi connectivity index (χ2v) is 7.34. The number of nitrogens with zero attached hydrogens (tertiary/aromatic N) is 1. The van der Waals surface area contributed by atoms with Crippen LogP contribution in [0.3, 0.4) is 0 Å². The van der Waals surface area contributed by atoms with Crippen molar-refractivity contribution < 1.29 is 18.7 Å². The third-order valence-corrected chi connectivity index (χ3v) is 5.08. The van der Waals surface area contributed by atoms with E-state index in [1.54, 1.807) is 12.1 Å². The Morgan fingerprint density at radius 2 is 1.73 bits per heavy atom. The van der Waals surface area contributed by atoms with Crippen molar-refractivity contribution in [1.82, 2.24) is 15.5 Å². The topological polar surface area (TPSA) is 70.7 Å². The molecule has 3 rings (SSSR count). The molecule has 1 aliphatic heterocycles. The van der Waals surface area contributed by atoms with Crippen LogP contribution < -0.4 is 10.6 Å². The van der Waals surface area contributed by atoms with E-state index in [0.29, 0.717) is 13.2 Å². The normalized spacial score (nSPS) is 16.8. The molecule has 2 N–H and O–H groups in total. The number of nitrogens with one attached hydrogen (secondary N) is 2. The largest absolute Gasteiger partial charge is 0.371 e. The predicted molar refractivity (Wildman–Crippen MR) is 112 cm³/mol. The lowest BCUT2D eigenvalue weighted by Crippen LogP contribution is -2.40. The quantitative estimate of drug-likeness (QED) is 0.515. The predicted octanol–water partition coefficient (Wildman–Crippen LogP) is 2.41. The van der Waals surface area contributed by atoms with Gasteiger partial charge in [0.1, 0.15) is 5.82 Å². The average Bonchev–Trinajstić information content (AvgIpc) is 2.79. The molecule has 30 heavy (non-hydrogen) atoms. The second kappa shape index (κ2) is 11.4. The van der Waals surface area contributed by atoms with Crippen LogP contribution >= 0.6 is 0 Å². The van der Waals surface area contributed by atoms with E-state index in [1.807, 2.05) is 18.2 Å². The zero-order valence-corrected chi connectivity index (χ0v) is 17.0. The number of hydrogen-bond acceptors (Lipinski definition) is 4. The molecule has 1 unspecified atom stereocenters. The number of benzene rings is 2. The number of carbonyl (C=O) groups excluding carboxylic acids is 2. The van der Waals surface area contributed by atoms with E-state index in [2.05, 4.69) is 27.7 Å². The minimum atomic E-state index is -0.682. The van der Waals surface area contributed by atoms with Crippen LogP contribution in [0.1, 0.15) is 30.1 Å². The van der Waals surface area contributed by atoms with Gasteiger partial charge in [0, 0.05) is 26.2 Å². The Morgan fingerprint density at radius 3 is 2.50 bits per heavy atom. The monoisotopic (exact) mass is 413 g/mol. The molecule has 160 valence electrons. The Morgan fingerprint density at radius 1 is 1.00 bits per heavy atom. The summed E-state index contributed by atoms with van der Waals surface area (Å²) in [6.07, 6.45) is 1.83. The Balaban J connectivity index is 1.28. The molecule has 2 aromatic carbocycles. The number of rotatable bonds is 8. The van der Waals surface area contributed by atoms with Crippen molar-refractivity contribution in [2.24, 2.45) is 0 Å². The van der Waals surface area contributed by atoms with Gasteiger partial charge >= 0.3 is 11.8 Å². The van der Waals surface area contributed by atoms with Gasteiger partial charge in [-0.3, -0.25) is 14.5 Å². The first kappa shape index (κ1) is 21.9. The molecule has 0 radical (unpaired) electrons. The molecule has 6 nitrogen and oxygen atoms in total. The van der Waals surface area contributed by atoms with Gasteiger partial charge in [0.05, 0.1) is 12.7 Å². The smallest absolute Gasteiger partial charge is 0.309 e. The van der Waals surface area contributed by atoms with E-state index in [9.17, 15) is 14.0 Å². The summed E-state index contributed by atoms with van der Waals surface area (Å²) in [4.78, 5) is 26.1. The molecule has 7 heteroatoms. The Bertz CT molecular complexity index is 814. The van der Waals surface area contributed by atoms with Crippen molar-refractivity contribution in [2.75, 3.05) is 32.8 Å². The van der Waals surface area contributed by atoms with Gasteiger partial charge < -0.3 is 15.4 Å². The fourth-order valence-electron chi connectivity index (χ4n) is 3.38. The number of unbranched alkanes of at least 4 members (excludes halogenated alkanes) is 1. The highest BCUT2D eigenvalue weighted by Gasteiger charge is 2.21. The lowest BCUT2D eigenvalue weighted by atomic mass is 10.1. The lowest BCUT2D eigenvalue weighted by molar-refractivity contribution is -0.139. The number of morpholine rings is 1. The first-order valence-corrected chi connectivity index (χ1v) is 10.3. The van der Waals surface area contributed by atoms with E-state index in [4.69, 9.17) is 4.74 Å². The van der Waals surface area contributed by atoms with Crippen molar-refractivity contribution in [3.05, 3.63) is 71.5 Å². The summed E-state index contributed by atoms with van der Waals surface area (Å²) < 4.78 is 18.7. The van der Waals surface area contributed by atoms with Crippen molar-refractivity contribution >= 4 is 11.8 Å². The molecular weight excluding hydrogens is 385 g/mol. The SMILES string of the molecule is O=C(NCCCCN1CCOC(c2ccccc2)C1)C(=O)NCc1ccc(F)cc1. The van der Waals surface area contributed by atoms with Crippen LogP contribution in [0, 0.1) is 5.82 Å². The second-order valence-electron chi connectivity index (χ2n) is 7.34. The molecule has 0 bridgehead atoms. The third-order valence-electron chi connectivity index (χ3n) is 5.08. The van der Waals surface area contributed by atoms with E-state index in [-0.39, 0.29) is 18.5 Å². The van der Waals surface area contributed by atoms with Crippen molar-refractivity contribution in [3.63, 3.8) is 0 Å². The van der Waals surface area contributed by atoms with Crippen LogP contribution in [0.2, 0.25) is 0 Å². The Kier molecular flexibility index (Phi) is 8.35. The van der Waals surface area contributed by atoms with Gasteiger partial charge in [0.2, 0.25) is 0 Å². The first-order chi connectivity index (χ1) is 14.6. The highest BCUT2D eigenvalue weighted by Crippen LogP contribution is 2.21. The molecule has 1 aliphatic rings. The van der Waals surface area contributed by atoms with Gasteiger partial charge in [-0.15, -0.1) is 0 Å². The molecule has 1 heterocycles. The fraction of sp³-hybridized carbons (Fsp3) is 0.391. The summed E-state index contributed by atoms with van der Waals surface area (Å²) >= 11 is 0. The van der Waals surface area contributed by atoms with E-state index in [1.165, 1.54) is 17.7 Å². The molecule has 0 spiro atoms. The van der Waals surface area contributed by atoms with Crippen LogP contribution in [-0.2, 0) is 20.9 Å². The minimum Gasteiger partial charge on any atom is -0.371 e. The molecule has 0 saturated carbocycles. The zero-order chi connectivity index (χ0) is 21.2. The lowest BCUT2D eigenvalue weighted by Gasteiger charge is -2.33. The standard InChI is InChI=1S/C23H28FN3O3/c24-20-10-8-18(9-11-20)16-26-23(29)22(28)25-12-4-5-13-27-14-15-30-21(17-27)19-6-2-1-3-7-19/h1-3,6-11,21H,4-5,12-17H2,(H,25,28)(H,26,29). The van der Waals surface area contributed by atoms with E-state index in [0.717, 1.165) is 38.0 Å². The molecule has 1 atom stereocenters. The van der Waals surface area contributed by atoms with Crippen LogP contribution in [-0.4, -0.2) is 49.5 Å². The maximum Gasteiger partial charge on any atom is 0.309 e. The Hall–Kier alpha value is -2.77. The highest BCUT2D eigenvalue weighted by molar-refractivity contribution is 6.35. The maximum absolute atomic E-state index is 12.9.